The molecule has 2 unspecified atom stereocenters. The highest BCUT2D eigenvalue weighted by Gasteiger charge is 2.32. The largest absolute Gasteiger partial charge is 0.389 e. The van der Waals surface area contributed by atoms with Gasteiger partial charge in [-0.05, 0) is 6.42 Å². The minimum absolute atomic E-state index is 0.0666. The number of hydrogen-bond donors (Lipinski definition) is 4. The van der Waals surface area contributed by atoms with Crippen molar-refractivity contribution in [3.63, 3.8) is 0 Å². The lowest BCUT2D eigenvalue weighted by Crippen LogP contribution is -2.38. The summed E-state index contributed by atoms with van der Waals surface area (Å²) in [5.41, 5.74) is 4.86. The fourth-order valence-corrected chi connectivity index (χ4v) is 2.28. The number of hydrogen-bond acceptors (Lipinski definition) is 6. The summed E-state index contributed by atoms with van der Waals surface area (Å²) in [6, 6.07) is 0. The van der Waals surface area contributed by atoms with E-state index in [0.717, 1.165) is 0 Å². The second kappa shape index (κ2) is 5.06. The van der Waals surface area contributed by atoms with Crippen LogP contribution in [0.5, 0.6) is 0 Å². The maximum Gasteiger partial charge on any atom is 0.330 e. The van der Waals surface area contributed by atoms with Crippen LogP contribution in [0.2, 0.25) is 0 Å². The van der Waals surface area contributed by atoms with E-state index in [1.807, 2.05) is 6.92 Å². The Bertz CT molecular complexity index is 569. The van der Waals surface area contributed by atoms with Crippen LogP contribution in [-0.2, 0) is 6.54 Å². The quantitative estimate of drug-likeness (QED) is 0.507. The number of H-pyrrole nitrogens is 1. The number of rotatable bonds is 3. The molecule has 0 bridgehead atoms. The van der Waals surface area contributed by atoms with Gasteiger partial charge in [-0.15, -0.1) is 0 Å². The van der Waals surface area contributed by atoms with Gasteiger partial charge < -0.3 is 20.8 Å². The van der Waals surface area contributed by atoms with Gasteiger partial charge in [0, 0.05) is 19.6 Å². The Morgan fingerprint density at radius 2 is 1.89 bits per heavy atom. The van der Waals surface area contributed by atoms with Gasteiger partial charge in [0.15, 0.2) is 0 Å². The van der Waals surface area contributed by atoms with Crippen LogP contribution in [0.25, 0.3) is 0 Å². The Morgan fingerprint density at radius 3 is 2.42 bits per heavy atom. The molecule has 0 aromatic carbocycles. The topological polar surface area (TPSA) is 125 Å². The van der Waals surface area contributed by atoms with E-state index in [4.69, 9.17) is 5.73 Å². The Balaban J connectivity index is 2.49. The van der Waals surface area contributed by atoms with Gasteiger partial charge in [-0.25, -0.2) is 4.79 Å². The monoisotopic (exact) mass is 270 g/mol. The van der Waals surface area contributed by atoms with Gasteiger partial charge in [0.2, 0.25) is 0 Å². The van der Waals surface area contributed by atoms with Crippen LogP contribution in [0.4, 0.5) is 11.5 Å². The third kappa shape index (κ3) is 2.36. The van der Waals surface area contributed by atoms with Gasteiger partial charge in [-0.3, -0.25) is 14.3 Å². The molecule has 0 saturated carbocycles. The molecule has 1 aromatic rings. The van der Waals surface area contributed by atoms with Crippen LogP contribution >= 0.6 is 0 Å². The van der Waals surface area contributed by atoms with E-state index >= 15 is 0 Å². The maximum absolute atomic E-state index is 11.9. The minimum Gasteiger partial charge on any atom is -0.389 e. The third-order valence-corrected chi connectivity index (χ3v) is 3.24. The van der Waals surface area contributed by atoms with Crippen molar-refractivity contribution in [2.75, 3.05) is 23.7 Å². The highest BCUT2D eigenvalue weighted by molar-refractivity contribution is 5.63. The molecule has 106 valence electrons. The van der Waals surface area contributed by atoms with Crippen molar-refractivity contribution in [3.05, 3.63) is 20.8 Å². The number of aliphatic hydroxyl groups excluding tert-OH is 2. The molecule has 2 atom stereocenters. The summed E-state index contributed by atoms with van der Waals surface area (Å²) >= 11 is 0. The number of aromatic amines is 1. The summed E-state index contributed by atoms with van der Waals surface area (Å²) in [6.07, 6.45) is -1.16. The lowest BCUT2D eigenvalue weighted by atomic mass is 10.3. The number of anilines is 2. The fourth-order valence-electron chi connectivity index (χ4n) is 2.28. The molecule has 0 amide bonds. The molecule has 8 heteroatoms. The Hall–Kier alpha value is -1.80. The zero-order valence-corrected chi connectivity index (χ0v) is 10.7. The van der Waals surface area contributed by atoms with E-state index in [9.17, 15) is 19.8 Å². The molecule has 1 fully saturated rings. The molecule has 19 heavy (non-hydrogen) atoms. The van der Waals surface area contributed by atoms with E-state index in [-0.39, 0.29) is 24.6 Å². The summed E-state index contributed by atoms with van der Waals surface area (Å²) < 4.78 is 1.29. The molecule has 0 aliphatic carbocycles. The van der Waals surface area contributed by atoms with E-state index in [0.29, 0.717) is 13.0 Å². The summed E-state index contributed by atoms with van der Waals surface area (Å²) in [7, 11) is 0. The van der Waals surface area contributed by atoms with E-state index < -0.39 is 23.5 Å². The molecule has 1 saturated heterocycles. The van der Waals surface area contributed by atoms with E-state index in [1.54, 1.807) is 0 Å². The Kier molecular flexibility index (Phi) is 3.63. The first-order chi connectivity index (χ1) is 8.95. The zero-order chi connectivity index (χ0) is 14.2. The van der Waals surface area contributed by atoms with Crippen molar-refractivity contribution in [1.29, 1.82) is 0 Å². The number of nitrogens with zero attached hydrogens (tertiary/aromatic N) is 2. The van der Waals surface area contributed by atoms with Crippen molar-refractivity contribution >= 4 is 11.5 Å². The molecule has 0 spiro atoms. The van der Waals surface area contributed by atoms with Gasteiger partial charge in [0.25, 0.3) is 5.56 Å². The highest BCUT2D eigenvalue weighted by Crippen LogP contribution is 2.22. The second-order valence-electron chi connectivity index (χ2n) is 4.68. The second-order valence-corrected chi connectivity index (χ2v) is 4.68. The van der Waals surface area contributed by atoms with Gasteiger partial charge in [0.1, 0.15) is 11.5 Å². The molecule has 0 radical (unpaired) electrons. The predicted molar refractivity (Wildman–Crippen MR) is 70.3 cm³/mol. The van der Waals surface area contributed by atoms with Crippen LogP contribution in [-0.4, -0.2) is 45.1 Å². The number of nitrogens with two attached hydrogens (primary N) is 1. The minimum atomic E-state index is -0.926. The number of β-amino-alcohol motifs (C(OH)–C–C–N with tert-alkyl or cyclic N) is 2. The van der Waals surface area contributed by atoms with Crippen molar-refractivity contribution in [2.24, 2.45) is 0 Å². The molecule has 8 nitrogen and oxygen atoms in total. The first-order valence-corrected chi connectivity index (χ1v) is 6.19. The van der Waals surface area contributed by atoms with Crippen LogP contribution in [0, 0.1) is 0 Å². The van der Waals surface area contributed by atoms with Gasteiger partial charge in [-0.1, -0.05) is 6.92 Å². The predicted octanol–water partition coefficient (Wildman–Crippen LogP) is -1.93. The van der Waals surface area contributed by atoms with Crippen LogP contribution in [0.1, 0.15) is 13.3 Å². The normalized spacial score (nSPS) is 23.0. The number of nitrogens with one attached hydrogen (secondary N) is 1. The summed E-state index contributed by atoms with van der Waals surface area (Å²) in [5.74, 6) is 0.0666. The SMILES string of the molecule is CCCn1c(N)c(N2CC(O)C(O)C2)c(=O)[nH]c1=O. The summed E-state index contributed by atoms with van der Waals surface area (Å²) in [4.78, 5) is 27.2. The van der Waals surface area contributed by atoms with E-state index in [2.05, 4.69) is 4.98 Å². The molecule has 1 aliphatic rings. The summed E-state index contributed by atoms with van der Waals surface area (Å²) in [5, 5.41) is 19.1. The van der Waals surface area contributed by atoms with Crippen LogP contribution < -0.4 is 21.9 Å². The van der Waals surface area contributed by atoms with Gasteiger partial charge in [-0.2, -0.15) is 0 Å². The average molecular weight is 270 g/mol. The molecular formula is C11H18N4O4. The van der Waals surface area contributed by atoms with Gasteiger partial charge >= 0.3 is 5.69 Å². The molecule has 2 rings (SSSR count). The zero-order valence-electron chi connectivity index (χ0n) is 10.7. The smallest absolute Gasteiger partial charge is 0.330 e. The molecule has 2 heterocycles. The molecule has 1 aromatic heterocycles. The molecular weight excluding hydrogens is 252 g/mol. The van der Waals surface area contributed by atoms with Crippen LogP contribution in [0.15, 0.2) is 9.59 Å². The maximum atomic E-state index is 11.9. The van der Waals surface area contributed by atoms with Crippen molar-refractivity contribution in [3.8, 4) is 0 Å². The van der Waals surface area contributed by atoms with Crippen molar-refractivity contribution in [2.45, 2.75) is 32.1 Å². The standard InChI is InChI=1S/C11H18N4O4/c1-2-3-15-9(12)8(10(18)13-11(15)19)14-4-6(16)7(17)5-14/h6-7,16-17H,2-5,12H2,1H3,(H,13,18,19). The number of aromatic nitrogens is 2. The lowest BCUT2D eigenvalue weighted by molar-refractivity contribution is 0.0572. The number of nitrogen functional groups attached to an aromatic ring is 1. The first-order valence-electron chi connectivity index (χ1n) is 6.19. The van der Waals surface area contributed by atoms with Crippen molar-refractivity contribution in [1.82, 2.24) is 9.55 Å². The first kappa shape index (κ1) is 13.6. The number of aliphatic hydroxyl groups is 2. The fraction of sp³-hybridized carbons (Fsp3) is 0.636. The average Bonchev–Trinajstić information content (AvgIpc) is 2.64. The highest BCUT2D eigenvalue weighted by atomic mass is 16.3. The Morgan fingerprint density at radius 1 is 1.32 bits per heavy atom. The summed E-state index contributed by atoms with van der Waals surface area (Å²) in [6.45, 7) is 2.50. The van der Waals surface area contributed by atoms with Gasteiger partial charge in [0.05, 0.1) is 12.2 Å². The third-order valence-electron chi connectivity index (χ3n) is 3.24. The van der Waals surface area contributed by atoms with Crippen LogP contribution in [0.3, 0.4) is 0 Å². The van der Waals surface area contributed by atoms with E-state index in [1.165, 1.54) is 9.47 Å². The lowest BCUT2D eigenvalue weighted by Gasteiger charge is -2.20. The van der Waals surface area contributed by atoms with Crippen molar-refractivity contribution < 1.29 is 10.2 Å². The molecule has 5 N–H and O–H groups in total. The Labute approximate surface area is 109 Å². The molecule has 1 aliphatic heterocycles.